The number of fused-ring (bicyclic) bond motifs is 1. The van der Waals surface area contributed by atoms with Crippen molar-refractivity contribution >= 4 is 11.9 Å². The van der Waals surface area contributed by atoms with Crippen molar-refractivity contribution in [2.24, 2.45) is 0 Å². The Morgan fingerprint density at radius 3 is 2.43 bits per heavy atom. The van der Waals surface area contributed by atoms with Crippen molar-refractivity contribution in [1.82, 2.24) is 0 Å². The summed E-state index contributed by atoms with van der Waals surface area (Å²) in [5.74, 6) is 0. The molecule has 2 aromatic carbocycles. The van der Waals surface area contributed by atoms with Gasteiger partial charge in [0.1, 0.15) is 6.29 Å². The molecule has 0 saturated heterocycles. The summed E-state index contributed by atoms with van der Waals surface area (Å²) < 4.78 is 0. The lowest BCUT2D eigenvalue weighted by Crippen LogP contribution is -2.22. The van der Waals surface area contributed by atoms with E-state index in [1.165, 1.54) is 27.8 Å². The minimum absolute atomic E-state index is 0.0720. The number of carbonyl (C=O) groups excluding carboxylic acids is 1. The van der Waals surface area contributed by atoms with Crippen LogP contribution in [0.15, 0.2) is 48.5 Å². The molecule has 106 valence electrons. The number of aldehydes is 1. The Morgan fingerprint density at radius 1 is 1.05 bits per heavy atom. The molecule has 3 rings (SSSR count). The number of hydrogen-bond donors (Lipinski definition) is 0. The molecule has 0 N–H and O–H groups in total. The van der Waals surface area contributed by atoms with Crippen molar-refractivity contribution in [2.75, 3.05) is 0 Å². The van der Waals surface area contributed by atoms with Gasteiger partial charge in [0.2, 0.25) is 0 Å². The summed E-state index contributed by atoms with van der Waals surface area (Å²) >= 11 is 0. The summed E-state index contributed by atoms with van der Waals surface area (Å²) in [6.07, 6.45) is 4.25. The van der Waals surface area contributed by atoms with Crippen molar-refractivity contribution in [2.45, 2.75) is 32.6 Å². The summed E-state index contributed by atoms with van der Waals surface area (Å²) in [6.45, 7) is 6.58. The van der Waals surface area contributed by atoms with Gasteiger partial charge in [-0.25, -0.2) is 0 Å². The van der Waals surface area contributed by atoms with Crippen molar-refractivity contribution in [3.63, 3.8) is 0 Å². The number of rotatable bonds is 2. The van der Waals surface area contributed by atoms with Gasteiger partial charge in [0, 0.05) is 5.56 Å². The van der Waals surface area contributed by atoms with E-state index >= 15 is 0 Å². The van der Waals surface area contributed by atoms with E-state index in [9.17, 15) is 4.79 Å². The van der Waals surface area contributed by atoms with E-state index in [-0.39, 0.29) is 5.41 Å². The molecule has 1 aliphatic carbocycles. The molecule has 2 aromatic rings. The van der Waals surface area contributed by atoms with Gasteiger partial charge in [-0.1, -0.05) is 61.9 Å². The molecule has 0 heterocycles. The average Bonchev–Trinajstić information content (AvgIpc) is 2.48. The van der Waals surface area contributed by atoms with Gasteiger partial charge in [0.15, 0.2) is 0 Å². The summed E-state index contributed by atoms with van der Waals surface area (Å²) in [7, 11) is 0. The van der Waals surface area contributed by atoms with E-state index in [4.69, 9.17) is 0 Å². The molecule has 0 aromatic heterocycles. The van der Waals surface area contributed by atoms with Crippen molar-refractivity contribution in [1.29, 1.82) is 0 Å². The Balaban J connectivity index is 2.16. The molecule has 0 saturated carbocycles. The first-order valence-electron chi connectivity index (χ1n) is 7.38. The Kier molecular flexibility index (Phi) is 3.29. The van der Waals surface area contributed by atoms with Crippen molar-refractivity contribution in [3.8, 4) is 0 Å². The van der Waals surface area contributed by atoms with Crippen LogP contribution in [0.25, 0.3) is 5.57 Å². The van der Waals surface area contributed by atoms with Crippen LogP contribution in [-0.2, 0) is 5.41 Å². The fourth-order valence-corrected chi connectivity index (χ4v) is 3.01. The zero-order chi connectivity index (χ0) is 15.0. The number of allylic oxidation sites excluding steroid dienone is 1. The van der Waals surface area contributed by atoms with Crippen LogP contribution in [0.2, 0.25) is 0 Å². The predicted molar refractivity (Wildman–Crippen MR) is 87.7 cm³/mol. The molecule has 1 nitrogen and oxygen atoms in total. The van der Waals surface area contributed by atoms with Crippen LogP contribution < -0.4 is 0 Å². The van der Waals surface area contributed by atoms with Crippen LogP contribution in [0.1, 0.15) is 52.9 Å². The van der Waals surface area contributed by atoms with Crippen LogP contribution in [-0.4, -0.2) is 6.29 Å². The summed E-state index contributed by atoms with van der Waals surface area (Å²) in [6, 6.07) is 14.7. The number of carbonyl (C=O) groups is 1. The lowest BCUT2D eigenvalue weighted by atomic mass is 9.72. The van der Waals surface area contributed by atoms with Gasteiger partial charge in [0.05, 0.1) is 0 Å². The van der Waals surface area contributed by atoms with E-state index in [2.05, 4.69) is 57.2 Å². The van der Waals surface area contributed by atoms with Gasteiger partial charge in [-0.15, -0.1) is 0 Å². The quantitative estimate of drug-likeness (QED) is 0.711. The molecule has 0 unspecified atom stereocenters. The highest BCUT2D eigenvalue weighted by Gasteiger charge is 2.28. The highest BCUT2D eigenvalue weighted by Crippen LogP contribution is 2.41. The maximum absolute atomic E-state index is 11.1. The third kappa shape index (κ3) is 2.44. The van der Waals surface area contributed by atoms with Crippen LogP contribution in [0.3, 0.4) is 0 Å². The fraction of sp³-hybridized carbons (Fsp3) is 0.250. The SMILES string of the molecule is Cc1ccc(C2=CCC(C)(C)c3cc(C=O)ccc32)cc1. The van der Waals surface area contributed by atoms with E-state index in [1.54, 1.807) is 0 Å². The average molecular weight is 276 g/mol. The third-order valence-electron chi connectivity index (χ3n) is 4.38. The second-order valence-corrected chi connectivity index (χ2v) is 6.49. The Bertz CT molecular complexity index is 718. The molecule has 0 radical (unpaired) electrons. The number of benzene rings is 2. The minimum atomic E-state index is 0.0720. The Morgan fingerprint density at radius 2 is 1.76 bits per heavy atom. The zero-order valence-electron chi connectivity index (χ0n) is 12.8. The zero-order valence-corrected chi connectivity index (χ0v) is 12.8. The number of aryl methyl sites for hydroxylation is 1. The first-order chi connectivity index (χ1) is 10.0. The second-order valence-electron chi connectivity index (χ2n) is 6.49. The van der Waals surface area contributed by atoms with E-state index in [0.29, 0.717) is 0 Å². The molecule has 0 fully saturated rings. The van der Waals surface area contributed by atoms with E-state index in [1.807, 2.05) is 12.1 Å². The van der Waals surface area contributed by atoms with Crippen LogP contribution in [0, 0.1) is 6.92 Å². The van der Waals surface area contributed by atoms with Crippen molar-refractivity contribution in [3.05, 3.63) is 76.4 Å². The smallest absolute Gasteiger partial charge is 0.150 e. The highest BCUT2D eigenvalue weighted by molar-refractivity contribution is 5.86. The standard InChI is InChI=1S/C20H20O/c1-14-4-7-16(8-5-14)17-10-11-20(2,3)19-12-15(13-21)6-9-18(17)19/h4-10,12-13H,11H2,1-3H3. The van der Waals surface area contributed by atoms with Crippen LogP contribution in [0.4, 0.5) is 0 Å². The molecule has 0 amide bonds. The van der Waals surface area contributed by atoms with E-state index < -0.39 is 0 Å². The molecule has 21 heavy (non-hydrogen) atoms. The van der Waals surface area contributed by atoms with Gasteiger partial charge in [-0.3, -0.25) is 4.79 Å². The minimum Gasteiger partial charge on any atom is -0.298 e. The summed E-state index contributed by atoms with van der Waals surface area (Å²) in [5, 5.41) is 0. The topological polar surface area (TPSA) is 17.1 Å². The third-order valence-corrected chi connectivity index (χ3v) is 4.38. The molecule has 1 aliphatic rings. The Labute approximate surface area is 126 Å². The van der Waals surface area contributed by atoms with Gasteiger partial charge < -0.3 is 0 Å². The van der Waals surface area contributed by atoms with Crippen LogP contribution in [0.5, 0.6) is 0 Å². The molecule has 0 atom stereocenters. The first-order valence-corrected chi connectivity index (χ1v) is 7.38. The normalized spacial score (nSPS) is 16.0. The maximum Gasteiger partial charge on any atom is 0.150 e. The lowest BCUT2D eigenvalue weighted by Gasteiger charge is -2.32. The van der Waals surface area contributed by atoms with Gasteiger partial charge in [-0.05, 0) is 47.1 Å². The largest absolute Gasteiger partial charge is 0.298 e. The van der Waals surface area contributed by atoms with Crippen LogP contribution >= 0.6 is 0 Å². The maximum atomic E-state index is 11.1. The lowest BCUT2D eigenvalue weighted by molar-refractivity contribution is 0.112. The summed E-state index contributed by atoms with van der Waals surface area (Å²) in [5.41, 5.74) is 7.14. The second kappa shape index (κ2) is 5.00. The van der Waals surface area contributed by atoms with E-state index in [0.717, 1.165) is 18.3 Å². The monoisotopic (exact) mass is 276 g/mol. The molecular formula is C20H20O. The molecule has 0 spiro atoms. The first kappa shape index (κ1) is 13.8. The number of hydrogen-bond acceptors (Lipinski definition) is 1. The van der Waals surface area contributed by atoms with Crippen molar-refractivity contribution < 1.29 is 4.79 Å². The summed E-state index contributed by atoms with van der Waals surface area (Å²) in [4.78, 5) is 11.1. The highest BCUT2D eigenvalue weighted by atomic mass is 16.1. The molecule has 1 heteroatoms. The molecule has 0 aliphatic heterocycles. The Hall–Kier alpha value is -2.15. The van der Waals surface area contributed by atoms with Gasteiger partial charge >= 0.3 is 0 Å². The van der Waals surface area contributed by atoms with Gasteiger partial charge in [0.25, 0.3) is 0 Å². The van der Waals surface area contributed by atoms with Gasteiger partial charge in [-0.2, -0.15) is 0 Å². The predicted octanol–water partition coefficient (Wildman–Crippen LogP) is 4.92. The fourth-order valence-electron chi connectivity index (χ4n) is 3.01. The molecular weight excluding hydrogens is 256 g/mol. The molecule has 0 bridgehead atoms.